The zero-order valence-corrected chi connectivity index (χ0v) is 11.6. The molecule has 21 heavy (non-hydrogen) atoms. The normalized spacial score (nSPS) is 10.7. The molecule has 1 heterocycles. The highest BCUT2D eigenvalue weighted by Crippen LogP contribution is 2.13. The maximum Gasteiger partial charge on any atom is 0.343 e. The topological polar surface area (TPSA) is 82.9 Å². The molecule has 0 saturated heterocycles. The molecule has 1 N–H and O–H groups in total. The molecule has 0 unspecified atom stereocenters. The highest BCUT2D eigenvalue weighted by atomic mass is 16.5. The van der Waals surface area contributed by atoms with Crippen LogP contribution in [0.25, 0.3) is 17.0 Å². The van der Waals surface area contributed by atoms with Gasteiger partial charge >= 0.3 is 5.97 Å². The van der Waals surface area contributed by atoms with Gasteiger partial charge in [-0.05, 0) is 24.6 Å². The third kappa shape index (κ3) is 3.18. The first-order chi connectivity index (χ1) is 10.2. The van der Waals surface area contributed by atoms with Gasteiger partial charge in [0.25, 0.3) is 0 Å². The molecule has 0 radical (unpaired) electrons. The summed E-state index contributed by atoms with van der Waals surface area (Å²) >= 11 is 0. The van der Waals surface area contributed by atoms with E-state index in [2.05, 4.69) is 4.98 Å². The predicted molar refractivity (Wildman–Crippen MR) is 79.8 cm³/mol. The fourth-order valence-electron chi connectivity index (χ4n) is 1.95. The van der Waals surface area contributed by atoms with Crippen molar-refractivity contribution < 1.29 is 9.53 Å². The number of nitrogens with zero attached hydrogens (tertiary/aromatic N) is 1. The third-order valence-electron chi connectivity index (χ3n) is 2.92. The molecule has 0 atom stereocenters. The van der Waals surface area contributed by atoms with Gasteiger partial charge in [-0.3, -0.25) is 4.79 Å². The van der Waals surface area contributed by atoms with Gasteiger partial charge in [-0.2, -0.15) is 5.26 Å². The van der Waals surface area contributed by atoms with Gasteiger partial charge in [-0.15, -0.1) is 0 Å². The van der Waals surface area contributed by atoms with Crippen LogP contribution in [-0.2, 0) is 4.74 Å². The Bertz CT molecular complexity index is 797. The number of pyridine rings is 1. The van der Waals surface area contributed by atoms with Crippen molar-refractivity contribution in [1.82, 2.24) is 4.98 Å². The molecule has 0 aliphatic rings. The number of ether oxygens (including phenoxy) is 1. The highest BCUT2D eigenvalue weighted by Gasteiger charge is 2.13. The van der Waals surface area contributed by atoms with E-state index in [1.165, 1.54) is 6.20 Å². The molecule has 0 bridgehead atoms. The first kappa shape index (κ1) is 14.5. The molecule has 5 nitrogen and oxygen atoms in total. The fraction of sp³-hybridized carbons (Fsp3) is 0.188. The minimum Gasteiger partial charge on any atom is -0.462 e. The van der Waals surface area contributed by atoms with Gasteiger partial charge in [0, 0.05) is 17.1 Å². The molecule has 0 aliphatic carbocycles. The largest absolute Gasteiger partial charge is 0.462 e. The molecule has 2 aromatic rings. The van der Waals surface area contributed by atoms with Gasteiger partial charge in [0.05, 0.1) is 19.1 Å². The summed E-state index contributed by atoms with van der Waals surface area (Å²) in [5.41, 5.74) is 1.06. The number of nitrogens with one attached hydrogen (secondary N) is 1. The van der Waals surface area contributed by atoms with E-state index in [0.29, 0.717) is 17.3 Å². The standard InChI is InChI=1S/C16H14N2O3/c1-2-21-16(20)13-10-18-14-7-6-11(5-3-4-8-17)9-12(14)15(13)19/h3,5-7,9-10H,2,4H2,1H3,(H,18,19). The fourth-order valence-corrected chi connectivity index (χ4v) is 1.95. The number of allylic oxidation sites excluding steroid dienone is 1. The van der Waals surface area contributed by atoms with Crippen molar-refractivity contribution in [2.24, 2.45) is 0 Å². The van der Waals surface area contributed by atoms with E-state index >= 15 is 0 Å². The second-order valence-electron chi connectivity index (χ2n) is 4.32. The van der Waals surface area contributed by atoms with Crippen LogP contribution in [0.2, 0.25) is 0 Å². The monoisotopic (exact) mass is 282 g/mol. The maximum absolute atomic E-state index is 12.3. The number of carbonyl (C=O) groups is 1. The zero-order valence-electron chi connectivity index (χ0n) is 11.6. The first-order valence-electron chi connectivity index (χ1n) is 6.53. The maximum atomic E-state index is 12.3. The predicted octanol–water partition coefficient (Wildman–Crippen LogP) is 2.63. The molecule has 5 heteroatoms. The van der Waals surface area contributed by atoms with Crippen molar-refractivity contribution in [2.75, 3.05) is 6.61 Å². The Morgan fingerprint density at radius 1 is 1.48 bits per heavy atom. The molecule has 1 aromatic carbocycles. The Morgan fingerprint density at radius 2 is 2.29 bits per heavy atom. The number of nitriles is 1. The molecular formula is C16H14N2O3. The van der Waals surface area contributed by atoms with E-state index in [9.17, 15) is 9.59 Å². The SMILES string of the molecule is CCOC(=O)c1c[nH]c2ccc(C=CCC#N)cc2c1=O. The number of benzene rings is 1. The molecule has 0 spiro atoms. The zero-order chi connectivity index (χ0) is 15.2. The van der Waals surface area contributed by atoms with E-state index < -0.39 is 5.97 Å². The van der Waals surface area contributed by atoms with Crippen molar-refractivity contribution >= 4 is 22.9 Å². The lowest BCUT2D eigenvalue weighted by Gasteiger charge is -2.04. The number of aromatic amines is 1. The van der Waals surface area contributed by atoms with Gasteiger partial charge < -0.3 is 9.72 Å². The van der Waals surface area contributed by atoms with Crippen LogP contribution in [0, 0.1) is 11.3 Å². The number of carbonyl (C=O) groups excluding carboxylic acids is 1. The van der Waals surface area contributed by atoms with Crippen molar-refractivity contribution in [3.63, 3.8) is 0 Å². The summed E-state index contributed by atoms with van der Waals surface area (Å²) in [5.74, 6) is -0.633. The smallest absolute Gasteiger partial charge is 0.343 e. The second-order valence-corrected chi connectivity index (χ2v) is 4.32. The van der Waals surface area contributed by atoms with E-state index in [4.69, 9.17) is 10.00 Å². The summed E-state index contributed by atoms with van der Waals surface area (Å²) in [4.78, 5) is 27.0. The summed E-state index contributed by atoms with van der Waals surface area (Å²) < 4.78 is 4.86. The number of fused-ring (bicyclic) bond motifs is 1. The Kier molecular flexibility index (Phi) is 4.52. The molecule has 1 aromatic heterocycles. The second kappa shape index (κ2) is 6.53. The summed E-state index contributed by atoms with van der Waals surface area (Å²) in [7, 11) is 0. The van der Waals surface area contributed by atoms with Crippen molar-refractivity contribution in [3.05, 3.63) is 51.8 Å². The molecule has 0 saturated carbocycles. The van der Waals surface area contributed by atoms with E-state index in [1.807, 2.05) is 12.1 Å². The third-order valence-corrected chi connectivity index (χ3v) is 2.92. The number of hydrogen-bond donors (Lipinski definition) is 1. The lowest BCUT2D eigenvalue weighted by Crippen LogP contribution is -2.18. The Morgan fingerprint density at radius 3 is 3.00 bits per heavy atom. The molecule has 2 rings (SSSR count). The molecule has 0 amide bonds. The number of rotatable bonds is 4. The average molecular weight is 282 g/mol. The lowest BCUT2D eigenvalue weighted by molar-refractivity contribution is 0.0524. The van der Waals surface area contributed by atoms with Crippen molar-refractivity contribution in [3.8, 4) is 6.07 Å². The van der Waals surface area contributed by atoms with Gasteiger partial charge in [-0.25, -0.2) is 4.79 Å². The molecule has 0 aliphatic heterocycles. The van der Waals surface area contributed by atoms with Crippen molar-refractivity contribution in [2.45, 2.75) is 13.3 Å². The minimum atomic E-state index is -0.633. The lowest BCUT2D eigenvalue weighted by atomic mass is 10.1. The Labute approximate surface area is 121 Å². The quantitative estimate of drug-likeness (QED) is 0.874. The van der Waals surface area contributed by atoms with Crippen LogP contribution in [0.15, 0.2) is 35.3 Å². The summed E-state index contributed by atoms with van der Waals surface area (Å²) in [6, 6.07) is 7.29. The van der Waals surface area contributed by atoms with Crippen LogP contribution < -0.4 is 5.43 Å². The van der Waals surface area contributed by atoms with Gasteiger partial charge in [0.1, 0.15) is 5.56 Å². The Hall–Kier alpha value is -2.87. The molecule has 0 fully saturated rings. The number of H-pyrrole nitrogens is 1. The van der Waals surface area contributed by atoms with Gasteiger partial charge in [-0.1, -0.05) is 18.2 Å². The first-order valence-corrected chi connectivity index (χ1v) is 6.53. The molecule has 106 valence electrons. The minimum absolute atomic E-state index is 0.0116. The average Bonchev–Trinajstić information content (AvgIpc) is 2.48. The van der Waals surface area contributed by atoms with Gasteiger partial charge in [0.2, 0.25) is 5.43 Å². The van der Waals surface area contributed by atoms with Gasteiger partial charge in [0.15, 0.2) is 0 Å². The van der Waals surface area contributed by atoms with Crippen LogP contribution in [0.5, 0.6) is 0 Å². The van der Waals surface area contributed by atoms with Crippen LogP contribution in [0.1, 0.15) is 29.3 Å². The van der Waals surface area contributed by atoms with Crippen LogP contribution in [0.3, 0.4) is 0 Å². The summed E-state index contributed by atoms with van der Waals surface area (Å²) in [5, 5.41) is 8.92. The van der Waals surface area contributed by atoms with Crippen LogP contribution in [0.4, 0.5) is 0 Å². The number of esters is 1. The van der Waals surface area contributed by atoms with E-state index in [0.717, 1.165) is 5.56 Å². The highest BCUT2D eigenvalue weighted by molar-refractivity contribution is 5.93. The van der Waals surface area contributed by atoms with E-state index in [-0.39, 0.29) is 17.6 Å². The van der Waals surface area contributed by atoms with E-state index in [1.54, 1.807) is 31.2 Å². The van der Waals surface area contributed by atoms with Crippen molar-refractivity contribution in [1.29, 1.82) is 5.26 Å². The van der Waals surface area contributed by atoms with Crippen LogP contribution >= 0.6 is 0 Å². The Balaban J connectivity index is 2.50. The summed E-state index contributed by atoms with van der Waals surface area (Å²) in [6.07, 6.45) is 5.15. The number of aromatic nitrogens is 1. The summed E-state index contributed by atoms with van der Waals surface area (Å²) in [6.45, 7) is 1.90. The number of hydrogen-bond acceptors (Lipinski definition) is 4. The van der Waals surface area contributed by atoms with Crippen LogP contribution in [-0.4, -0.2) is 17.6 Å². The molecular weight excluding hydrogens is 268 g/mol.